The molecule has 0 bridgehead atoms. The van der Waals surface area contributed by atoms with Crippen molar-refractivity contribution in [2.45, 2.75) is 267 Å². The number of amides is 1. The lowest BCUT2D eigenvalue weighted by molar-refractivity contribution is -0.191. The summed E-state index contributed by atoms with van der Waals surface area (Å²) in [6.45, 7) is 41.1. The SMILES string of the molecule is C.C.C.C.C.C.C.C.C.C.CCCCC.CCCCC(O)COCC.CCCOC(=O)NCC.CCCOCC.CCCOCCOCOCC.CCNCCOCC.CCOCCCCC(O)CC.O=C=O. The van der Waals surface area contributed by atoms with Crippen molar-refractivity contribution < 1.29 is 62.5 Å². The topological polar surface area (TPSA) is 190 Å². The number of ether oxygens (including phenoxy) is 8. The summed E-state index contributed by atoms with van der Waals surface area (Å²) in [5, 5.41) is 24.0. The number of unbranched alkanes of at least 4 members (excludes halogenated alkanes) is 4. The summed E-state index contributed by atoms with van der Waals surface area (Å²) in [4.78, 5) is 26.7. The van der Waals surface area contributed by atoms with Gasteiger partial charge in [-0.3, -0.25) is 0 Å². The van der Waals surface area contributed by atoms with Crippen LogP contribution in [-0.4, -0.2) is 147 Å². The van der Waals surface area contributed by atoms with Gasteiger partial charge >= 0.3 is 12.2 Å². The van der Waals surface area contributed by atoms with Crippen molar-refractivity contribution in [1.29, 1.82) is 0 Å². The first-order valence-corrected chi connectivity index (χ1v) is 24.5. The molecule has 468 valence electrons. The number of carbonyl (C=O) groups is 1. The molecule has 15 heteroatoms. The van der Waals surface area contributed by atoms with E-state index in [-0.39, 0.29) is 98.7 Å². The van der Waals surface area contributed by atoms with E-state index in [1.165, 1.54) is 19.3 Å². The van der Waals surface area contributed by atoms with Crippen LogP contribution < -0.4 is 10.6 Å². The molecule has 0 heterocycles. The van der Waals surface area contributed by atoms with E-state index in [9.17, 15) is 15.0 Å². The van der Waals surface area contributed by atoms with Crippen LogP contribution in [0.15, 0.2) is 0 Å². The van der Waals surface area contributed by atoms with Gasteiger partial charge in [0.15, 0.2) is 0 Å². The van der Waals surface area contributed by atoms with Gasteiger partial charge in [-0.2, -0.15) is 9.59 Å². The van der Waals surface area contributed by atoms with E-state index >= 15 is 0 Å². The summed E-state index contributed by atoms with van der Waals surface area (Å²) in [5.41, 5.74) is 0. The van der Waals surface area contributed by atoms with Gasteiger partial charge in [0.2, 0.25) is 0 Å². The molecule has 0 aliphatic heterocycles. The molecule has 0 aromatic heterocycles. The number of rotatable bonds is 34. The van der Waals surface area contributed by atoms with Gasteiger partial charge in [0, 0.05) is 65.9 Å². The molecule has 2 atom stereocenters. The Labute approximate surface area is 463 Å². The molecule has 1 amide bonds. The van der Waals surface area contributed by atoms with Crippen molar-refractivity contribution in [3.63, 3.8) is 0 Å². The van der Waals surface area contributed by atoms with Gasteiger partial charge in [0.1, 0.15) is 6.79 Å². The molecule has 0 aliphatic carbocycles. The summed E-state index contributed by atoms with van der Waals surface area (Å²) in [7, 11) is 0. The van der Waals surface area contributed by atoms with Crippen LogP contribution in [0.4, 0.5) is 4.79 Å². The van der Waals surface area contributed by atoms with Crippen LogP contribution in [0.3, 0.4) is 0 Å². The summed E-state index contributed by atoms with van der Waals surface area (Å²) in [6, 6.07) is 0. The number of aliphatic hydroxyl groups excluding tert-OH is 2. The standard InChI is InChI=1S/C9H20O2.C8H18O3.C8H18O2.C6H13NO2.C6H15NO.C5H12O.C5H12.CO2.10CH4/c1-3-9(10)7-5-6-8-11-4-2;1-3-5-10-6-7-11-8-9-4-2;1-3-5-6-8(9)7-10-4-2;1-3-5-9-6(8)7-4-2;1-3-7-5-6-8-4-2;1-3-5-6-4-2;1-3-5-4-2;2-1-3;;;;;;;;;;/h9-10H,3-8H2,1-2H3;3-8H2,1-2H3;8-9H,3-7H2,1-2H3;3-5H2,1-2H3,(H,7,8);7H,3-6H2,1-2H3;3-5H2,1-2H3;3-5H2,1-2H3;;10*1H4. The number of carbonyl (C=O) groups excluding carboxylic acids is 3. The molecule has 0 aromatic carbocycles. The van der Waals surface area contributed by atoms with E-state index in [0.717, 1.165) is 124 Å². The lowest BCUT2D eigenvalue weighted by Gasteiger charge is -2.08. The molecule has 0 aliphatic rings. The Balaban J connectivity index is -0.0000000296. The number of alkyl carbamates (subject to hydrolysis) is 1. The molecule has 0 saturated heterocycles. The maximum atomic E-state index is 10.5. The van der Waals surface area contributed by atoms with Crippen molar-refractivity contribution in [1.82, 2.24) is 10.6 Å². The first-order valence-electron chi connectivity index (χ1n) is 24.5. The third kappa shape index (κ3) is 202. The molecule has 0 rings (SSSR count). The van der Waals surface area contributed by atoms with Gasteiger partial charge in [0.25, 0.3) is 0 Å². The second kappa shape index (κ2) is 145. The van der Waals surface area contributed by atoms with Crippen molar-refractivity contribution in [2.75, 3.05) is 112 Å². The Bertz CT molecular complexity index is 700. The van der Waals surface area contributed by atoms with E-state index < -0.39 is 0 Å². The molecule has 73 heavy (non-hydrogen) atoms. The van der Waals surface area contributed by atoms with E-state index in [4.69, 9.17) is 42.7 Å². The van der Waals surface area contributed by atoms with Crippen LogP contribution in [0.5, 0.6) is 0 Å². The largest absolute Gasteiger partial charge is 0.450 e. The van der Waals surface area contributed by atoms with E-state index in [2.05, 4.69) is 56.9 Å². The highest BCUT2D eigenvalue weighted by Crippen LogP contribution is 2.03. The average molecular weight is 1080 g/mol. The van der Waals surface area contributed by atoms with E-state index in [0.29, 0.717) is 53.0 Å². The normalized spacial score (nSPS) is 8.99. The Morgan fingerprint density at radius 2 is 0.836 bits per heavy atom. The quantitative estimate of drug-likeness (QED) is 0.0352. The zero-order valence-corrected chi connectivity index (χ0v) is 43.8. The summed E-state index contributed by atoms with van der Waals surface area (Å²) < 4.78 is 40.2. The van der Waals surface area contributed by atoms with Crippen LogP contribution in [0, 0.1) is 0 Å². The fourth-order valence-corrected chi connectivity index (χ4v) is 3.77. The van der Waals surface area contributed by atoms with Crippen molar-refractivity contribution in [3.8, 4) is 0 Å². The number of likely N-dealkylation sites (N-methyl/N-ethyl adjacent to an activating group) is 1. The molecular weight excluding hydrogens is 933 g/mol. The molecule has 15 nitrogen and oxygen atoms in total. The van der Waals surface area contributed by atoms with Gasteiger partial charge in [-0.15, -0.1) is 0 Å². The zero-order valence-electron chi connectivity index (χ0n) is 43.8. The molecule has 2 unspecified atom stereocenters. The highest BCUT2D eigenvalue weighted by molar-refractivity contribution is 5.66. The molecule has 0 aromatic rings. The lowest BCUT2D eigenvalue weighted by Crippen LogP contribution is -2.23. The second-order valence-corrected chi connectivity index (χ2v) is 13.2. The summed E-state index contributed by atoms with van der Waals surface area (Å²) in [5.74, 6) is 0. The first-order chi connectivity index (χ1) is 30.5. The monoisotopic (exact) mass is 1080 g/mol. The van der Waals surface area contributed by atoms with Gasteiger partial charge < -0.3 is 58.7 Å². The third-order valence-electron chi connectivity index (χ3n) is 7.14. The van der Waals surface area contributed by atoms with Crippen molar-refractivity contribution in [3.05, 3.63) is 0 Å². The molecule has 4 N–H and O–H groups in total. The van der Waals surface area contributed by atoms with Gasteiger partial charge in [-0.25, -0.2) is 4.79 Å². The van der Waals surface area contributed by atoms with Crippen molar-refractivity contribution in [2.24, 2.45) is 0 Å². The van der Waals surface area contributed by atoms with Crippen LogP contribution in [0.25, 0.3) is 0 Å². The summed E-state index contributed by atoms with van der Waals surface area (Å²) in [6.07, 6.45) is 13.8. The van der Waals surface area contributed by atoms with Crippen LogP contribution in [0.1, 0.15) is 255 Å². The summed E-state index contributed by atoms with van der Waals surface area (Å²) >= 11 is 0. The van der Waals surface area contributed by atoms with E-state index in [1.54, 1.807) is 0 Å². The number of aliphatic hydroxyl groups is 2. The maximum absolute atomic E-state index is 10.5. The Morgan fingerprint density at radius 3 is 1.21 bits per heavy atom. The maximum Gasteiger partial charge on any atom is 0.407 e. The molecule has 0 spiro atoms. The van der Waals surface area contributed by atoms with Gasteiger partial charge in [0.05, 0.1) is 45.2 Å². The fourth-order valence-electron chi connectivity index (χ4n) is 3.77. The third-order valence-corrected chi connectivity index (χ3v) is 7.14. The average Bonchev–Trinajstić information content (AvgIpc) is 3.29. The second-order valence-electron chi connectivity index (χ2n) is 13.2. The predicted octanol–water partition coefficient (Wildman–Crippen LogP) is 16.1. The minimum absolute atomic E-state index is 0. The first kappa shape index (κ1) is 124. The minimum atomic E-state index is -0.320. The predicted molar refractivity (Wildman–Crippen MR) is 327 cm³/mol. The molecule has 0 radical (unpaired) electrons. The highest BCUT2D eigenvalue weighted by atomic mass is 16.7. The lowest BCUT2D eigenvalue weighted by atomic mass is 10.1. The van der Waals surface area contributed by atoms with Crippen LogP contribution in [0.2, 0.25) is 0 Å². The van der Waals surface area contributed by atoms with Crippen LogP contribution in [-0.2, 0) is 47.5 Å². The zero-order chi connectivity index (χ0) is 49.7. The van der Waals surface area contributed by atoms with Crippen LogP contribution >= 0.6 is 0 Å². The van der Waals surface area contributed by atoms with Gasteiger partial charge in [-0.1, -0.05) is 162 Å². The molecule has 0 saturated carbocycles. The Morgan fingerprint density at radius 1 is 0.425 bits per heavy atom. The Kier molecular flexibility index (Phi) is 246. The fraction of sp³-hybridized carbons (Fsp3) is 0.966. The molecular formula is C58H148N2O13. The van der Waals surface area contributed by atoms with E-state index in [1.807, 2.05) is 55.4 Å². The smallest absolute Gasteiger partial charge is 0.407 e. The number of nitrogens with one attached hydrogen (secondary N) is 2. The van der Waals surface area contributed by atoms with Crippen molar-refractivity contribution >= 4 is 12.2 Å². The minimum Gasteiger partial charge on any atom is -0.450 e. The molecule has 0 fully saturated rings. The Hall–Kier alpha value is -1.75. The highest BCUT2D eigenvalue weighted by Gasteiger charge is 2.01. The van der Waals surface area contributed by atoms with Gasteiger partial charge in [-0.05, 0) is 99.5 Å². The number of hydrogen-bond acceptors (Lipinski definition) is 14. The number of hydrogen-bond donors (Lipinski definition) is 4.